The third-order valence-electron chi connectivity index (χ3n) is 4.86. The van der Waals surface area contributed by atoms with Crippen molar-refractivity contribution in [1.29, 1.82) is 0 Å². The number of rotatable bonds is 3. The minimum atomic E-state index is 0.468. The average molecular weight is 238 g/mol. The molecule has 3 fully saturated rings. The van der Waals surface area contributed by atoms with Crippen molar-refractivity contribution < 1.29 is 4.74 Å². The topological polar surface area (TPSA) is 24.5 Å². The maximum absolute atomic E-state index is 5.82. The molecule has 2 heterocycles. The van der Waals surface area contributed by atoms with E-state index in [0.717, 1.165) is 32.2 Å². The molecule has 1 aliphatic carbocycles. The van der Waals surface area contributed by atoms with E-state index in [1.165, 1.54) is 45.1 Å². The van der Waals surface area contributed by atoms with Crippen molar-refractivity contribution in [3.63, 3.8) is 0 Å². The van der Waals surface area contributed by atoms with Crippen LogP contribution in [0.25, 0.3) is 0 Å². The van der Waals surface area contributed by atoms with E-state index in [-0.39, 0.29) is 0 Å². The number of ether oxygens (including phenoxy) is 1. The molecule has 17 heavy (non-hydrogen) atoms. The summed E-state index contributed by atoms with van der Waals surface area (Å²) in [5.74, 6) is 1.01. The molecule has 3 nitrogen and oxygen atoms in total. The lowest BCUT2D eigenvalue weighted by Crippen LogP contribution is -2.51. The van der Waals surface area contributed by atoms with Gasteiger partial charge in [-0.15, -0.1) is 0 Å². The van der Waals surface area contributed by atoms with E-state index in [1.807, 2.05) is 0 Å². The van der Waals surface area contributed by atoms with Gasteiger partial charge in [0.05, 0.1) is 12.7 Å². The Morgan fingerprint density at radius 3 is 2.88 bits per heavy atom. The highest BCUT2D eigenvalue weighted by molar-refractivity contribution is 4.92. The largest absolute Gasteiger partial charge is 0.374 e. The average Bonchev–Trinajstić information content (AvgIpc) is 2.86. The van der Waals surface area contributed by atoms with Gasteiger partial charge in [-0.05, 0) is 18.9 Å². The Morgan fingerprint density at radius 2 is 2.00 bits per heavy atom. The Hall–Kier alpha value is -0.120. The molecular formula is C14H26N2O. The van der Waals surface area contributed by atoms with Crippen LogP contribution in [0.2, 0.25) is 0 Å². The van der Waals surface area contributed by atoms with Crippen LogP contribution in [0.4, 0.5) is 0 Å². The van der Waals surface area contributed by atoms with Gasteiger partial charge in [0.25, 0.3) is 0 Å². The molecule has 3 aliphatic rings. The second-order valence-corrected chi connectivity index (χ2v) is 5.96. The normalized spacial score (nSPS) is 36.0. The maximum Gasteiger partial charge on any atom is 0.0867 e. The molecule has 0 spiro atoms. The Morgan fingerprint density at radius 1 is 1.12 bits per heavy atom. The van der Waals surface area contributed by atoms with Gasteiger partial charge in [0, 0.05) is 25.7 Å². The minimum Gasteiger partial charge on any atom is -0.374 e. The fourth-order valence-corrected chi connectivity index (χ4v) is 3.76. The summed E-state index contributed by atoms with van der Waals surface area (Å²) in [6, 6.07) is 0.660. The number of hydrogen-bond donors (Lipinski definition) is 1. The molecule has 3 heteroatoms. The summed E-state index contributed by atoms with van der Waals surface area (Å²) < 4.78 is 5.82. The summed E-state index contributed by atoms with van der Waals surface area (Å²) in [6.07, 6.45) is 9.28. The first-order valence-corrected chi connectivity index (χ1v) is 7.50. The van der Waals surface area contributed by atoms with Gasteiger partial charge in [0.1, 0.15) is 0 Å². The van der Waals surface area contributed by atoms with Crippen LogP contribution in [0.3, 0.4) is 0 Å². The Bertz CT molecular complexity index is 240. The monoisotopic (exact) mass is 238 g/mol. The van der Waals surface area contributed by atoms with E-state index < -0.39 is 0 Å². The van der Waals surface area contributed by atoms with Crippen LogP contribution in [-0.4, -0.2) is 49.8 Å². The van der Waals surface area contributed by atoms with Crippen molar-refractivity contribution >= 4 is 0 Å². The quantitative estimate of drug-likeness (QED) is 0.809. The predicted molar refractivity (Wildman–Crippen MR) is 69.2 cm³/mol. The zero-order valence-corrected chi connectivity index (χ0v) is 10.9. The number of nitrogens with one attached hydrogen (secondary N) is 1. The summed E-state index contributed by atoms with van der Waals surface area (Å²) in [7, 11) is 0. The van der Waals surface area contributed by atoms with Crippen molar-refractivity contribution in [2.24, 2.45) is 5.92 Å². The lowest BCUT2D eigenvalue weighted by molar-refractivity contribution is -0.0485. The van der Waals surface area contributed by atoms with E-state index in [4.69, 9.17) is 4.74 Å². The molecule has 3 rings (SSSR count). The van der Waals surface area contributed by atoms with Gasteiger partial charge in [0.15, 0.2) is 0 Å². The van der Waals surface area contributed by atoms with E-state index >= 15 is 0 Å². The van der Waals surface area contributed by atoms with Crippen LogP contribution in [0.1, 0.15) is 38.5 Å². The molecule has 1 saturated carbocycles. The van der Waals surface area contributed by atoms with Gasteiger partial charge in [-0.2, -0.15) is 0 Å². The molecule has 2 atom stereocenters. The van der Waals surface area contributed by atoms with E-state index in [1.54, 1.807) is 0 Å². The van der Waals surface area contributed by atoms with Crippen LogP contribution in [0.15, 0.2) is 0 Å². The Balaban J connectivity index is 1.47. The zero-order valence-electron chi connectivity index (χ0n) is 10.9. The molecule has 0 unspecified atom stereocenters. The first-order chi connectivity index (χ1) is 8.43. The van der Waals surface area contributed by atoms with Crippen molar-refractivity contribution in [2.45, 2.75) is 50.7 Å². The highest BCUT2D eigenvalue weighted by Crippen LogP contribution is 2.27. The summed E-state index contributed by atoms with van der Waals surface area (Å²) in [6.45, 7) is 5.58. The molecule has 0 aromatic rings. The SMILES string of the molecule is C1CCC(CCN2CCO[C@@H]3CNC[C@@H]32)CC1. The first kappa shape index (κ1) is 11.9. The van der Waals surface area contributed by atoms with Gasteiger partial charge in [-0.1, -0.05) is 32.1 Å². The Kier molecular flexibility index (Phi) is 3.99. The molecule has 0 amide bonds. The first-order valence-electron chi connectivity index (χ1n) is 7.50. The predicted octanol–water partition coefficient (Wildman–Crippen LogP) is 1.63. The molecule has 2 saturated heterocycles. The summed E-state index contributed by atoms with van der Waals surface area (Å²) in [5.41, 5.74) is 0. The summed E-state index contributed by atoms with van der Waals surface area (Å²) in [4.78, 5) is 2.68. The number of fused-ring (bicyclic) bond motifs is 1. The van der Waals surface area contributed by atoms with E-state index in [0.29, 0.717) is 12.1 Å². The molecule has 0 radical (unpaired) electrons. The van der Waals surface area contributed by atoms with Crippen LogP contribution < -0.4 is 5.32 Å². The second-order valence-electron chi connectivity index (χ2n) is 5.96. The van der Waals surface area contributed by atoms with Crippen LogP contribution in [0.5, 0.6) is 0 Å². The second kappa shape index (κ2) is 5.68. The van der Waals surface area contributed by atoms with E-state index in [9.17, 15) is 0 Å². The van der Waals surface area contributed by atoms with E-state index in [2.05, 4.69) is 10.2 Å². The fourth-order valence-electron chi connectivity index (χ4n) is 3.76. The van der Waals surface area contributed by atoms with Gasteiger partial charge in [-0.3, -0.25) is 4.90 Å². The maximum atomic E-state index is 5.82. The highest BCUT2D eigenvalue weighted by atomic mass is 16.5. The van der Waals surface area contributed by atoms with Crippen LogP contribution in [-0.2, 0) is 4.74 Å². The summed E-state index contributed by atoms with van der Waals surface area (Å²) >= 11 is 0. The lowest BCUT2D eigenvalue weighted by atomic mass is 9.87. The fraction of sp³-hybridized carbons (Fsp3) is 1.00. The van der Waals surface area contributed by atoms with Crippen LogP contribution in [0, 0.1) is 5.92 Å². The molecule has 0 aromatic heterocycles. The molecule has 2 aliphatic heterocycles. The number of hydrogen-bond acceptors (Lipinski definition) is 3. The highest BCUT2D eigenvalue weighted by Gasteiger charge is 2.35. The third-order valence-corrected chi connectivity index (χ3v) is 4.86. The molecule has 0 bridgehead atoms. The summed E-state index contributed by atoms with van der Waals surface area (Å²) in [5, 5.41) is 3.47. The third kappa shape index (κ3) is 2.83. The number of nitrogens with zero attached hydrogens (tertiary/aromatic N) is 1. The van der Waals surface area contributed by atoms with Crippen LogP contribution >= 0.6 is 0 Å². The molecule has 98 valence electrons. The standard InChI is InChI=1S/C14H26N2O/c1-2-4-12(5-3-1)6-7-16-8-9-17-14-11-15-10-13(14)16/h12-15H,1-11H2/t13-,14+/m0/s1. The number of morpholine rings is 1. The minimum absolute atomic E-state index is 0.468. The molecule has 0 aromatic carbocycles. The van der Waals surface area contributed by atoms with Gasteiger partial charge in [-0.25, -0.2) is 0 Å². The van der Waals surface area contributed by atoms with Crippen molar-refractivity contribution in [3.8, 4) is 0 Å². The van der Waals surface area contributed by atoms with Crippen molar-refractivity contribution in [1.82, 2.24) is 10.2 Å². The van der Waals surface area contributed by atoms with Crippen molar-refractivity contribution in [3.05, 3.63) is 0 Å². The van der Waals surface area contributed by atoms with Gasteiger partial charge >= 0.3 is 0 Å². The zero-order chi connectivity index (χ0) is 11.5. The van der Waals surface area contributed by atoms with Gasteiger partial charge < -0.3 is 10.1 Å². The molecular weight excluding hydrogens is 212 g/mol. The lowest BCUT2D eigenvalue weighted by Gasteiger charge is -2.38. The Labute approximate surface area is 105 Å². The smallest absolute Gasteiger partial charge is 0.0867 e. The molecule has 1 N–H and O–H groups in total. The van der Waals surface area contributed by atoms with Gasteiger partial charge in [0.2, 0.25) is 0 Å². The van der Waals surface area contributed by atoms with Crippen molar-refractivity contribution in [2.75, 3.05) is 32.8 Å².